The molecular weight excluding hydrogens is 288 g/mol. The first-order chi connectivity index (χ1) is 8.99. The molecule has 0 saturated carbocycles. The minimum absolute atomic E-state index is 0.0769. The molecule has 5 nitrogen and oxygen atoms in total. The molecule has 0 amide bonds. The van der Waals surface area contributed by atoms with Gasteiger partial charge in [-0.2, -0.15) is 0 Å². The van der Waals surface area contributed by atoms with E-state index in [2.05, 4.69) is 9.71 Å². The Labute approximate surface area is 116 Å². The van der Waals surface area contributed by atoms with Crippen LogP contribution in [0, 0.1) is 6.92 Å². The van der Waals surface area contributed by atoms with E-state index >= 15 is 0 Å². The van der Waals surface area contributed by atoms with Gasteiger partial charge in [0, 0.05) is 19.9 Å². The average Bonchev–Trinajstić information content (AvgIpc) is 2.75. The molecule has 0 bridgehead atoms. The van der Waals surface area contributed by atoms with Crippen molar-refractivity contribution in [2.45, 2.75) is 18.2 Å². The van der Waals surface area contributed by atoms with E-state index in [-0.39, 0.29) is 16.5 Å². The molecular formula is C12H13ClN2O3S. The fraction of sp³-hybridized carbons (Fsp3) is 0.250. The first-order valence-corrected chi connectivity index (χ1v) is 7.50. The van der Waals surface area contributed by atoms with Crippen LogP contribution in [-0.4, -0.2) is 19.9 Å². The number of nitrogens with one attached hydrogen (secondary N) is 1. The molecule has 0 aliphatic rings. The van der Waals surface area contributed by atoms with Gasteiger partial charge in [0.1, 0.15) is 11.2 Å². The summed E-state index contributed by atoms with van der Waals surface area (Å²) in [5.41, 5.74) is 0.708. The second-order valence-electron chi connectivity index (χ2n) is 3.94. The predicted octanol–water partition coefficient (Wildman–Crippen LogP) is 2.16. The van der Waals surface area contributed by atoms with E-state index < -0.39 is 10.0 Å². The van der Waals surface area contributed by atoms with Gasteiger partial charge in [-0.05, 0) is 12.1 Å². The molecule has 2 aromatic rings. The van der Waals surface area contributed by atoms with E-state index in [1.807, 2.05) is 0 Å². The maximum absolute atomic E-state index is 12.0. The van der Waals surface area contributed by atoms with Gasteiger partial charge in [-0.3, -0.25) is 0 Å². The minimum atomic E-state index is -3.59. The van der Waals surface area contributed by atoms with Crippen molar-refractivity contribution in [3.63, 3.8) is 0 Å². The van der Waals surface area contributed by atoms with Crippen molar-refractivity contribution in [3.05, 3.63) is 47.1 Å². The minimum Gasteiger partial charge on any atom is -0.449 e. The third-order valence-corrected chi connectivity index (χ3v) is 4.43. The van der Waals surface area contributed by atoms with Crippen LogP contribution in [-0.2, 0) is 16.4 Å². The molecule has 0 aliphatic carbocycles. The van der Waals surface area contributed by atoms with Crippen LogP contribution >= 0.6 is 11.6 Å². The maximum atomic E-state index is 12.0. The Morgan fingerprint density at radius 1 is 1.37 bits per heavy atom. The highest BCUT2D eigenvalue weighted by Gasteiger charge is 2.16. The molecule has 102 valence electrons. The lowest BCUT2D eigenvalue weighted by atomic mass is 10.3. The standard InChI is InChI=1S/C12H13ClN2O3S/c1-9-15-10(8-18-9)6-7-14-19(16,17)12-5-3-2-4-11(12)13/h2-5,8,14H,6-7H2,1H3. The zero-order valence-electron chi connectivity index (χ0n) is 10.3. The van der Waals surface area contributed by atoms with Gasteiger partial charge in [0.2, 0.25) is 10.0 Å². The van der Waals surface area contributed by atoms with Crippen molar-refractivity contribution < 1.29 is 12.8 Å². The van der Waals surface area contributed by atoms with E-state index in [0.717, 1.165) is 0 Å². The molecule has 0 spiro atoms. The number of aromatic nitrogens is 1. The number of hydrogen-bond donors (Lipinski definition) is 1. The van der Waals surface area contributed by atoms with Gasteiger partial charge in [-0.25, -0.2) is 18.1 Å². The summed E-state index contributed by atoms with van der Waals surface area (Å²) in [6.45, 7) is 1.97. The summed E-state index contributed by atoms with van der Waals surface area (Å²) in [5.74, 6) is 0.559. The number of rotatable bonds is 5. The van der Waals surface area contributed by atoms with Crippen LogP contribution in [0.3, 0.4) is 0 Å². The molecule has 0 saturated heterocycles. The number of sulfonamides is 1. The lowest BCUT2D eigenvalue weighted by Gasteiger charge is -2.07. The topological polar surface area (TPSA) is 72.2 Å². The fourth-order valence-electron chi connectivity index (χ4n) is 1.58. The van der Waals surface area contributed by atoms with Crippen molar-refractivity contribution in [3.8, 4) is 0 Å². The summed E-state index contributed by atoms with van der Waals surface area (Å²) in [7, 11) is -3.59. The van der Waals surface area contributed by atoms with E-state index in [4.69, 9.17) is 16.0 Å². The van der Waals surface area contributed by atoms with E-state index in [0.29, 0.717) is 18.0 Å². The summed E-state index contributed by atoms with van der Waals surface area (Å²) in [4.78, 5) is 4.17. The number of aryl methyl sites for hydroxylation is 1. The van der Waals surface area contributed by atoms with E-state index in [9.17, 15) is 8.42 Å². The Morgan fingerprint density at radius 3 is 2.74 bits per heavy atom. The van der Waals surface area contributed by atoms with Gasteiger partial charge in [-0.15, -0.1) is 0 Å². The first kappa shape index (κ1) is 14.0. The first-order valence-electron chi connectivity index (χ1n) is 5.64. The van der Waals surface area contributed by atoms with Crippen molar-refractivity contribution in [1.29, 1.82) is 0 Å². The van der Waals surface area contributed by atoms with Gasteiger partial charge in [0.25, 0.3) is 0 Å². The molecule has 0 radical (unpaired) electrons. The molecule has 19 heavy (non-hydrogen) atoms. The Morgan fingerprint density at radius 2 is 2.11 bits per heavy atom. The molecule has 0 atom stereocenters. The van der Waals surface area contributed by atoms with Crippen LogP contribution in [0.5, 0.6) is 0 Å². The lowest BCUT2D eigenvalue weighted by molar-refractivity contribution is 0.520. The Balaban J connectivity index is 2.01. The van der Waals surface area contributed by atoms with Crippen molar-refractivity contribution in [2.75, 3.05) is 6.54 Å². The Bertz CT molecular complexity index is 667. The largest absolute Gasteiger partial charge is 0.449 e. The zero-order valence-corrected chi connectivity index (χ0v) is 11.8. The van der Waals surface area contributed by atoms with Crippen LogP contribution in [0.2, 0.25) is 5.02 Å². The molecule has 0 fully saturated rings. The zero-order chi connectivity index (χ0) is 13.9. The van der Waals surface area contributed by atoms with E-state index in [1.54, 1.807) is 19.1 Å². The van der Waals surface area contributed by atoms with Gasteiger partial charge in [0.05, 0.1) is 10.7 Å². The molecule has 0 aliphatic heterocycles. The lowest BCUT2D eigenvalue weighted by Crippen LogP contribution is -2.26. The second kappa shape index (κ2) is 5.73. The SMILES string of the molecule is Cc1nc(CCNS(=O)(=O)c2ccccc2Cl)co1. The summed E-state index contributed by atoms with van der Waals surface area (Å²) in [5, 5.41) is 0.201. The van der Waals surface area contributed by atoms with Crippen LogP contribution in [0.4, 0.5) is 0 Å². The van der Waals surface area contributed by atoms with Crippen LogP contribution in [0.15, 0.2) is 39.8 Å². The van der Waals surface area contributed by atoms with Crippen LogP contribution in [0.25, 0.3) is 0 Å². The predicted molar refractivity (Wildman–Crippen MR) is 71.6 cm³/mol. The van der Waals surface area contributed by atoms with Crippen molar-refractivity contribution in [1.82, 2.24) is 9.71 Å². The molecule has 0 unspecified atom stereocenters. The monoisotopic (exact) mass is 300 g/mol. The van der Waals surface area contributed by atoms with Crippen LogP contribution in [0.1, 0.15) is 11.6 Å². The molecule has 1 heterocycles. The smallest absolute Gasteiger partial charge is 0.242 e. The number of hydrogen-bond acceptors (Lipinski definition) is 4. The highest BCUT2D eigenvalue weighted by Crippen LogP contribution is 2.19. The number of benzene rings is 1. The fourth-order valence-corrected chi connectivity index (χ4v) is 3.13. The van der Waals surface area contributed by atoms with Gasteiger partial charge in [-0.1, -0.05) is 23.7 Å². The van der Waals surface area contributed by atoms with Crippen molar-refractivity contribution in [2.24, 2.45) is 0 Å². The van der Waals surface area contributed by atoms with Gasteiger partial charge in [0.15, 0.2) is 5.89 Å². The third-order valence-electron chi connectivity index (χ3n) is 2.47. The maximum Gasteiger partial charge on any atom is 0.242 e. The summed E-state index contributed by atoms with van der Waals surface area (Å²) in [6, 6.07) is 6.31. The number of halogens is 1. The summed E-state index contributed by atoms with van der Waals surface area (Å²) in [6.07, 6.45) is 1.97. The van der Waals surface area contributed by atoms with Crippen LogP contribution < -0.4 is 4.72 Å². The summed E-state index contributed by atoms with van der Waals surface area (Å²) >= 11 is 5.86. The van der Waals surface area contributed by atoms with Crippen molar-refractivity contribution >= 4 is 21.6 Å². The normalized spacial score (nSPS) is 11.7. The Hall–Kier alpha value is -1.37. The average molecular weight is 301 g/mol. The third kappa shape index (κ3) is 3.56. The molecule has 1 aromatic carbocycles. The highest BCUT2D eigenvalue weighted by atomic mass is 35.5. The molecule has 1 N–H and O–H groups in total. The highest BCUT2D eigenvalue weighted by molar-refractivity contribution is 7.89. The summed E-state index contributed by atoms with van der Waals surface area (Å²) < 4.78 is 31.5. The van der Waals surface area contributed by atoms with Gasteiger partial charge < -0.3 is 4.42 Å². The number of nitrogens with zero attached hydrogens (tertiary/aromatic N) is 1. The second-order valence-corrected chi connectivity index (χ2v) is 6.08. The molecule has 1 aromatic heterocycles. The van der Waals surface area contributed by atoms with E-state index in [1.165, 1.54) is 18.4 Å². The Kier molecular flexibility index (Phi) is 4.24. The number of oxazole rings is 1. The van der Waals surface area contributed by atoms with Gasteiger partial charge >= 0.3 is 0 Å². The molecule has 7 heteroatoms. The molecule has 2 rings (SSSR count). The quantitative estimate of drug-likeness (QED) is 0.918.